The number of methoxy groups -OCH3 is 1. The van der Waals surface area contributed by atoms with E-state index in [1.54, 1.807) is 42.3 Å². The number of unbranched alkanes of at least 4 members (excludes halogenated alkanes) is 1. The van der Waals surface area contributed by atoms with Crippen LogP contribution < -0.4 is 9.47 Å². The molecule has 1 N–H and O–H groups in total. The highest BCUT2D eigenvalue weighted by atomic mass is 16.5. The molecule has 2 heterocycles. The number of rotatable bonds is 10. The summed E-state index contributed by atoms with van der Waals surface area (Å²) in [6, 6.07) is 13.5. The Balaban J connectivity index is 1.71. The molecule has 2 aliphatic heterocycles. The molecule has 8 heteroatoms. The highest BCUT2D eigenvalue weighted by molar-refractivity contribution is 6.46. The first-order chi connectivity index (χ1) is 17.5. The Morgan fingerprint density at radius 1 is 1.06 bits per heavy atom. The maximum absolute atomic E-state index is 13.3. The van der Waals surface area contributed by atoms with E-state index in [0.29, 0.717) is 55.5 Å². The lowest BCUT2D eigenvalue weighted by Gasteiger charge is -2.31. The van der Waals surface area contributed by atoms with Gasteiger partial charge in [-0.05, 0) is 36.2 Å². The van der Waals surface area contributed by atoms with Crippen LogP contribution in [-0.2, 0) is 14.3 Å². The summed E-state index contributed by atoms with van der Waals surface area (Å²) in [6.07, 6.45) is 1.93. The summed E-state index contributed by atoms with van der Waals surface area (Å²) < 4.78 is 16.6. The van der Waals surface area contributed by atoms with Gasteiger partial charge in [-0.2, -0.15) is 0 Å². The molecule has 8 nitrogen and oxygen atoms in total. The number of benzene rings is 2. The molecule has 1 unspecified atom stereocenters. The zero-order valence-corrected chi connectivity index (χ0v) is 20.9. The van der Waals surface area contributed by atoms with Gasteiger partial charge in [0.2, 0.25) is 0 Å². The normalized spacial score (nSPS) is 20.1. The molecule has 0 aromatic heterocycles. The smallest absolute Gasteiger partial charge is 0.295 e. The molecule has 4 rings (SSSR count). The fourth-order valence-electron chi connectivity index (χ4n) is 4.57. The molecule has 2 fully saturated rings. The minimum absolute atomic E-state index is 0.0703. The highest BCUT2D eigenvalue weighted by Gasteiger charge is 2.46. The molecule has 36 heavy (non-hydrogen) atoms. The van der Waals surface area contributed by atoms with E-state index in [4.69, 9.17) is 14.2 Å². The monoisotopic (exact) mass is 494 g/mol. The second kappa shape index (κ2) is 12.1. The predicted molar refractivity (Wildman–Crippen MR) is 136 cm³/mol. The summed E-state index contributed by atoms with van der Waals surface area (Å²) in [5.41, 5.74) is 1.21. The molecule has 192 valence electrons. The van der Waals surface area contributed by atoms with Gasteiger partial charge < -0.3 is 24.2 Å². The zero-order chi connectivity index (χ0) is 25.5. The number of amides is 1. The topological polar surface area (TPSA) is 88.5 Å². The first kappa shape index (κ1) is 25.7. The van der Waals surface area contributed by atoms with Gasteiger partial charge in [-0.15, -0.1) is 0 Å². The quantitative estimate of drug-likeness (QED) is 0.234. The van der Waals surface area contributed by atoms with E-state index < -0.39 is 17.7 Å². The summed E-state index contributed by atoms with van der Waals surface area (Å²) in [4.78, 5) is 30.3. The van der Waals surface area contributed by atoms with Gasteiger partial charge in [-0.3, -0.25) is 14.5 Å². The maximum Gasteiger partial charge on any atom is 0.295 e. The minimum atomic E-state index is -0.731. The SMILES string of the molecule is CCCCOc1cccc(C(O)=C2C(=O)C(=O)N(CCN3CCOCC3)C2c2cccc(OC)c2)c1. The van der Waals surface area contributed by atoms with Gasteiger partial charge in [0.05, 0.1) is 38.5 Å². The highest BCUT2D eigenvalue weighted by Crippen LogP contribution is 2.40. The van der Waals surface area contributed by atoms with E-state index in [1.165, 1.54) is 0 Å². The van der Waals surface area contributed by atoms with Gasteiger partial charge in [-0.25, -0.2) is 0 Å². The Hall–Kier alpha value is -3.36. The predicted octanol–water partition coefficient (Wildman–Crippen LogP) is 3.63. The van der Waals surface area contributed by atoms with Crippen molar-refractivity contribution >= 4 is 17.4 Å². The summed E-state index contributed by atoms with van der Waals surface area (Å²) in [5, 5.41) is 11.4. The van der Waals surface area contributed by atoms with E-state index in [0.717, 1.165) is 25.9 Å². The Morgan fingerprint density at radius 3 is 2.56 bits per heavy atom. The molecule has 0 radical (unpaired) electrons. The van der Waals surface area contributed by atoms with Gasteiger partial charge >= 0.3 is 0 Å². The fraction of sp³-hybridized carbons (Fsp3) is 0.429. The number of carbonyl (C=O) groups is 2. The van der Waals surface area contributed by atoms with Crippen molar-refractivity contribution in [3.63, 3.8) is 0 Å². The molecule has 2 aromatic carbocycles. The number of aliphatic hydroxyl groups is 1. The van der Waals surface area contributed by atoms with Crippen molar-refractivity contribution in [2.75, 3.05) is 53.1 Å². The average Bonchev–Trinajstić information content (AvgIpc) is 3.17. The number of nitrogens with zero attached hydrogens (tertiary/aromatic N) is 2. The number of hydrogen-bond acceptors (Lipinski definition) is 7. The standard InChI is InChI=1S/C28H34N2O6/c1-3-4-15-36-23-10-6-8-21(19-23)26(31)24-25(20-7-5-9-22(18-20)34-2)30(28(33)27(24)32)12-11-29-13-16-35-17-14-29/h5-10,18-19,25,31H,3-4,11-17H2,1-2H3. The Morgan fingerprint density at radius 2 is 1.81 bits per heavy atom. The van der Waals surface area contributed by atoms with Crippen molar-refractivity contribution in [3.05, 3.63) is 65.2 Å². The molecule has 0 aliphatic carbocycles. The van der Waals surface area contributed by atoms with Crippen molar-refractivity contribution in [2.24, 2.45) is 0 Å². The van der Waals surface area contributed by atoms with Crippen LogP contribution in [0.25, 0.3) is 5.76 Å². The maximum atomic E-state index is 13.3. The van der Waals surface area contributed by atoms with Crippen LogP contribution in [0.2, 0.25) is 0 Å². The number of likely N-dealkylation sites (tertiary alicyclic amines) is 1. The zero-order valence-electron chi connectivity index (χ0n) is 20.9. The average molecular weight is 495 g/mol. The lowest BCUT2D eigenvalue weighted by Crippen LogP contribution is -2.42. The first-order valence-corrected chi connectivity index (χ1v) is 12.5. The van der Waals surface area contributed by atoms with Crippen molar-refractivity contribution in [1.82, 2.24) is 9.80 Å². The molecule has 1 atom stereocenters. The van der Waals surface area contributed by atoms with Gasteiger partial charge in [-0.1, -0.05) is 37.6 Å². The van der Waals surface area contributed by atoms with E-state index >= 15 is 0 Å². The molecule has 1 amide bonds. The third-order valence-corrected chi connectivity index (χ3v) is 6.58. The molecule has 2 saturated heterocycles. The molecular weight excluding hydrogens is 460 g/mol. The number of ketones is 1. The van der Waals surface area contributed by atoms with Crippen LogP contribution in [0.1, 0.15) is 36.9 Å². The minimum Gasteiger partial charge on any atom is -0.507 e. The van der Waals surface area contributed by atoms with E-state index in [1.807, 2.05) is 18.2 Å². The Bertz CT molecular complexity index is 1110. The Labute approximate surface area is 212 Å². The number of Topliss-reactive ketones (excluding diaryl/α,β-unsaturated/α-hetero) is 1. The number of hydrogen-bond donors (Lipinski definition) is 1. The summed E-state index contributed by atoms with van der Waals surface area (Å²) >= 11 is 0. The summed E-state index contributed by atoms with van der Waals surface area (Å²) in [5.74, 6) is -0.312. The number of morpholine rings is 1. The molecular formula is C28H34N2O6. The van der Waals surface area contributed by atoms with Gasteiger partial charge in [0, 0.05) is 31.7 Å². The largest absolute Gasteiger partial charge is 0.507 e. The third-order valence-electron chi connectivity index (χ3n) is 6.58. The van der Waals surface area contributed by atoms with Crippen molar-refractivity contribution in [1.29, 1.82) is 0 Å². The van der Waals surface area contributed by atoms with Crippen molar-refractivity contribution in [2.45, 2.75) is 25.8 Å². The van der Waals surface area contributed by atoms with Crippen LogP contribution in [0.15, 0.2) is 54.1 Å². The van der Waals surface area contributed by atoms with E-state index in [-0.39, 0.29) is 11.3 Å². The second-order valence-electron chi connectivity index (χ2n) is 8.95. The van der Waals surface area contributed by atoms with Crippen LogP contribution in [0.3, 0.4) is 0 Å². The Kier molecular flexibility index (Phi) is 8.61. The van der Waals surface area contributed by atoms with Gasteiger partial charge in [0.25, 0.3) is 11.7 Å². The number of ether oxygens (including phenoxy) is 3. The lowest BCUT2D eigenvalue weighted by atomic mass is 9.95. The van der Waals surface area contributed by atoms with Crippen molar-refractivity contribution in [3.8, 4) is 11.5 Å². The van der Waals surface area contributed by atoms with Crippen LogP contribution in [0.4, 0.5) is 0 Å². The number of carbonyl (C=O) groups excluding carboxylic acids is 2. The third kappa shape index (κ3) is 5.71. The molecule has 0 saturated carbocycles. The molecule has 2 aromatic rings. The van der Waals surface area contributed by atoms with Crippen LogP contribution in [0.5, 0.6) is 11.5 Å². The van der Waals surface area contributed by atoms with Crippen LogP contribution in [0, 0.1) is 0 Å². The molecule has 0 bridgehead atoms. The number of aliphatic hydroxyl groups excluding tert-OH is 1. The summed E-state index contributed by atoms with van der Waals surface area (Å²) in [6.45, 7) is 6.46. The van der Waals surface area contributed by atoms with Crippen molar-refractivity contribution < 1.29 is 28.9 Å². The summed E-state index contributed by atoms with van der Waals surface area (Å²) in [7, 11) is 1.57. The van der Waals surface area contributed by atoms with Crippen LogP contribution in [-0.4, -0.2) is 79.7 Å². The van der Waals surface area contributed by atoms with Gasteiger partial charge in [0.15, 0.2) is 0 Å². The lowest BCUT2D eigenvalue weighted by molar-refractivity contribution is -0.140. The van der Waals surface area contributed by atoms with E-state index in [2.05, 4.69) is 11.8 Å². The van der Waals surface area contributed by atoms with Gasteiger partial charge in [0.1, 0.15) is 17.3 Å². The first-order valence-electron chi connectivity index (χ1n) is 12.5. The fourth-order valence-corrected chi connectivity index (χ4v) is 4.57. The van der Waals surface area contributed by atoms with Crippen LogP contribution >= 0.6 is 0 Å². The second-order valence-corrected chi connectivity index (χ2v) is 8.95. The molecule has 2 aliphatic rings. The van der Waals surface area contributed by atoms with E-state index in [9.17, 15) is 14.7 Å². The molecule has 0 spiro atoms.